The lowest BCUT2D eigenvalue weighted by Gasteiger charge is -2.26. The van der Waals surface area contributed by atoms with Gasteiger partial charge in [-0.2, -0.15) is 0 Å². The molecule has 1 heterocycles. The summed E-state index contributed by atoms with van der Waals surface area (Å²) in [6.45, 7) is 1.31. The molecular weight excluding hydrogens is 324 g/mol. The number of rotatable bonds is 7. The Morgan fingerprint density at radius 3 is 2.12 bits per heavy atom. The molecule has 0 radical (unpaired) electrons. The Balaban J connectivity index is 2.94. The van der Waals surface area contributed by atoms with E-state index in [1.807, 2.05) is 0 Å². The van der Waals surface area contributed by atoms with Gasteiger partial charge in [0.1, 0.15) is 12.1 Å². The lowest BCUT2D eigenvalue weighted by molar-refractivity contribution is -0.163. The minimum atomic E-state index is -1.54. The van der Waals surface area contributed by atoms with Crippen LogP contribution in [0.15, 0.2) is 0 Å². The van der Waals surface area contributed by atoms with Gasteiger partial charge in [0.05, 0.1) is 14.2 Å². The summed E-state index contributed by atoms with van der Waals surface area (Å²) in [5.41, 5.74) is 0. The maximum absolute atomic E-state index is 12.1. The zero-order valence-corrected chi connectivity index (χ0v) is 13.5. The maximum atomic E-state index is 12.1. The fourth-order valence-corrected chi connectivity index (χ4v) is 2.45. The Labute approximate surface area is 137 Å². The zero-order chi connectivity index (χ0) is 18.4. The highest BCUT2D eigenvalue weighted by Gasteiger charge is 2.43. The van der Waals surface area contributed by atoms with Crippen molar-refractivity contribution in [3.63, 3.8) is 0 Å². The van der Waals surface area contributed by atoms with Crippen LogP contribution in [-0.4, -0.2) is 61.1 Å². The monoisotopic (exact) mass is 344 g/mol. The van der Waals surface area contributed by atoms with Crippen molar-refractivity contribution < 1.29 is 38.6 Å². The first-order valence-corrected chi connectivity index (χ1v) is 7.21. The maximum Gasteiger partial charge on any atom is 0.326 e. The van der Waals surface area contributed by atoms with E-state index in [2.05, 4.69) is 20.1 Å². The fourth-order valence-electron chi connectivity index (χ4n) is 2.45. The Bertz CT molecular complexity index is 531. The second kappa shape index (κ2) is 8.27. The number of aliphatic carboxylic acids is 1. The van der Waals surface area contributed by atoms with E-state index in [4.69, 9.17) is 0 Å². The van der Waals surface area contributed by atoms with Crippen LogP contribution < -0.4 is 10.6 Å². The third kappa shape index (κ3) is 4.43. The summed E-state index contributed by atoms with van der Waals surface area (Å²) in [6, 6.07) is -2.39. The summed E-state index contributed by atoms with van der Waals surface area (Å²) in [5, 5.41) is 14.0. The van der Waals surface area contributed by atoms with E-state index in [1.54, 1.807) is 0 Å². The largest absolute Gasteiger partial charge is 0.480 e. The van der Waals surface area contributed by atoms with Crippen molar-refractivity contribution in [1.82, 2.24) is 10.6 Å². The van der Waals surface area contributed by atoms with Gasteiger partial charge in [-0.3, -0.25) is 19.2 Å². The molecule has 1 rings (SSSR count). The molecule has 0 aliphatic carbocycles. The number of carboxylic acids is 1. The minimum Gasteiger partial charge on any atom is -0.480 e. The highest BCUT2D eigenvalue weighted by atomic mass is 16.5. The van der Waals surface area contributed by atoms with Crippen molar-refractivity contribution in [1.29, 1.82) is 0 Å². The van der Waals surface area contributed by atoms with Crippen molar-refractivity contribution in [2.75, 3.05) is 14.2 Å². The number of ether oxygens (including phenoxy) is 2. The van der Waals surface area contributed by atoms with Gasteiger partial charge in [-0.05, 0) is 6.42 Å². The molecule has 2 amide bonds. The number of hydrogen-bond acceptors (Lipinski definition) is 7. The Morgan fingerprint density at radius 1 is 1.21 bits per heavy atom. The molecule has 10 heteroatoms. The quantitative estimate of drug-likeness (QED) is 0.371. The van der Waals surface area contributed by atoms with Crippen LogP contribution in [0.25, 0.3) is 0 Å². The minimum absolute atomic E-state index is 0.165. The summed E-state index contributed by atoms with van der Waals surface area (Å²) >= 11 is 0. The van der Waals surface area contributed by atoms with E-state index in [0.29, 0.717) is 0 Å². The molecule has 134 valence electrons. The van der Waals surface area contributed by atoms with Crippen molar-refractivity contribution in [3.05, 3.63) is 0 Å². The molecule has 3 N–H and O–H groups in total. The highest BCUT2D eigenvalue weighted by Crippen LogP contribution is 2.20. The summed E-state index contributed by atoms with van der Waals surface area (Å²) in [5.74, 6) is -7.03. The molecule has 1 fully saturated rings. The molecule has 0 aromatic carbocycles. The number of esters is 2. The van der Waals surface area contributed by atoms with Gasteiger partial charge in [0, 0.05) is 12.3 Å². The molecule has 0 saturated carbocycles. The predicted octanol–water partition coefficient (Wildman–Crippen LogP) is -1.57. The Morgan fingerprint density at radius 2 is 1.75 bits per heavy atom. The van der Waals surface area contributed by atoms with Crippen molar-refractivity contribution in [2.45, 2.75) is 31.8 Å². The molecule has 0 bridgehead atoms. The number of methoxy groups -OCH3 is 2. The van der Waals surface area contributed by atoms with E-state index in [-0.39, 0.29) is 18.7 Å². The molecule has 0 aromatic heterocycles. The molecule has 1 saturated heterocycles. The van der Waals surface area contributed by atoms with Crippen LogP contribution in [-0.2, 0) is 33.4 Å². The van der Waals surface area contributed by atoms with E-state index in [1.165, 1.54) is 6.92 Å². The predicted molar refractivity (Wildman–Crippen MR) is 77.4 cm³/mol. The van der Waals surface area contributed by atoms with Gasteiger partial charge in [-0.15, -0.1) is 0 Å². The lowest BCUT2D eigenvalue weighted by Crippen LogP contribution is -2.54. The Kier molecular flexibility index (Phi) is 6.69. The molecule has 0 spiro atoms. The van der Waals surface area contributed by atoms with Gasteiger partial charge >= 0.3 is 17.9 Å². The molecule has 0 unspecified atom stereocenters. The lowest BCUT2D eigenvalue weighted by atomic mass is 9.87. The Hall–Kier alpha value is -2.65. The summed E-state index contributed by atoms with van der Waals surface area (Å²) < 4.78 is 9.01. The number of carbonyl (C=O) groups is 5. The van der Waals surface area contributed by atoms with Crippen molar-refractivity contribution in [3.8, 4) is 0 Å². The number of nitrogens with one attached hydrogen (secondary N) is 2. The first-order valence-electron chi connectivity index (χ1n) is 7.21. The van der Waals surface area contributed by atoms with E-state index in [9.17, 15) is 29.1 Å². The second-order valence-corrected chi connectivity index (χ2v) is 5.37. The van der Waals surface area contributed by atoms with Crippen LogP contribution >= 0.6 is 0 Å². The third-order valence-electron chi connectivity index (χ3n) is 3.84. The van der Waals surface area contributed by atoms with Gasteiger partial charge < -0.3 is 25.2 Å². The van der Waals surface area contributed by atoms with Gasteiger partial charge in [0.15, 0.2) is 5.92 Å². The van der Waals surface area contributed by atoms with Crippen molar-refractivity contribution >= 4 is 29.7 Å². The van der Waals surface area contributed by atoms with E-state index in [0.717, 1.165) is 14.2 Å². The van der Waals surface area contributed by atoms with Crippen LogP contribution in [0.1, 0.15) is 19.8 Å². The molecular formula is C14H20N2O8. The average Bonchev–Trinajstić information content (AvgIpc) is 2.98. The average molecular weight is 344 g/mol. The van der Waals surface area contributed by atoms with Crippen LogP contribution in [0.5, 0.6) is 0 Å². The first kappa shape index (κ1) is 19.4. The fraction of sp³-hybridized carbons (Fsp3) is 0.643. The third-order valence-corrected chi connectivity index (χ3v) is 3.84. The van der Waals surface area contributed by atoms with Gasteiger partial charge in [-0.1, -0.05) is 6.92 Å². The van der Waals surface area contributed by atoms with E-state index < -0.39 is 47.7 Å². The van der Waals surface area contributed by atoms with Crippen molar-refractivity contribution in [2.24, 2.45) is 11.8 Å². The molecule has 24 heavy (non-hydrogen) atoms. The molecule has 3 atom stereocenters. The normalized spacial score (nSPS) is 19.2. The molecule has 0 aromatic rings. The second-order valence-electron chi connectivity index (χ2n) is 5.37. The SMILES string of the molecule is COC(=O)C(C(=O)OC)[C@@H](C)[C@H](NC(=O)[C@H]1CCC(=O)N1)C(=O)O. The number of hydrogen-bond donors (Lipinski definition) is 3. The number of carbonyl (C=O) groups excluding carboxylic acids is 4. The standard InChI is InChI=1S/C14H20N2O8/c1-6(9(13(21)23-2)14(22)24-3)10(12(19)20)16-11(18)7-4-5-8(17)15-7/h6-7,9-10H,4-5H2,1-3H3,(H,15,17)(H,16,18)(H,19,20)/t6-,7-,10+/m1/s1. The van der Waals surface area contributed by atoms with Crippen LogP contribution in [0.2, 0.25) is 0 Å². The first-order chi connectivity index (χ1) is 11.2. The summed E-state index contributed by atoms with van der Waals surface area (Å²) in [4.78, 5) is 58.3. The summed E-state index contributed by atoms with van der Waals surface area (Å²) in [7, 11) is 2.10. The van der Waals surface area contributed by atoms with Crippen LogP contribution in [0.4, 0.5) is 0 Å². The van der Waals surface area contributed by atoms with Gasteiger partial charge in [0.25, 0.3) is 0 Å². The number of amides is 2. The zero-order valence-electron chi connectivity index (χ0n) is 13.5. The van der Waals surface area contributed by atoms with Gasteiger partial charge in [0.2, 0.25) is 11.8 Å². The topological polar surface area (TPSA) is 148 Å². The van der Waals surface area contributed by atoms with Crippen LogP contribution in [0, 0.1) is 11.8 Å². The highest BCUT2D eigenvalue weighted by molar-refractivity contribution is 5.97. The summed E-state index contributed by atoms with van der Waals surface area (Å²) in [6.07, 6.45) is 0.404. The van der Waals surface area contributed by atoms with E-state index >= 15 is 0 Å². The molecule has 1 aliphatic heterocycles. The smallest absolute Gasteiger partial charge is 0.326 e. The van der Waals surface area contributed by atoms with Crippen LogP contribution in [0.3, 0.4) is 0 Å². The molecule has 1 aliphatic rings. The molecule has 10 nitrogen and oxygen atoms in total. The van der Waals surface area contributed by atoms with Gasteiger partial charge in [-0.25, -0.2) is 4.79 Å². The number of carboxylic acid groups (broad SMARTS) is 1.